The van der Waals surface area contributed by atoms with E-state index in [9.17, 15) is 13.2 Å². The molecule has 0 N–H and O–H groups in total. The number of halogens is 1. The number of rotatable bonds is 6. The highest BCUT2D eigenvalue weighted by molar-refractivity contribution is 7.93. The lowest BCUT2D eigenvalue weighted by atomic mass is 10.3. The number of carbonyl (C=O) groups excluding carboxylic acids is 1. The first-order valence-corrected chi connectivity index (χ1v) is 9.87. The first kappa shape index (κ1) is 18.9. The molecule has 0 saturated carbocycles. The summed E-state index contributed by atoms with van der Waals surface area (Å²) in [4.78, 5) is 12.8. The quantitative estimate of drug-likeness (QED) is 0.622. The maximum atomic E-state index is 13.1. The van der Waals surface area contributed by atoms with Crippen LogP contribution in [0.5, 0.6) is 5.75 Å². The lowest BCUT2D eigenvalue weighted by Gasteiger charge is -2.22. The normalized spacial score (nSPS) is 11.0. The number of hydrogen-bond donors (Lipinski definition) is 0. The van der Waals surface area contributed by atoms with E-state index in [0.717, 1.165) is 4.31 Å². The molecule has 138 valence electrons. The molecule has 0 aliphatic rings. The van der Waals surface area contributed by atoms with E-state index in [2.05, 4.69) is 0 Å². The summed E-state index contributed by atoms with van der Waals surface area (Å²) in [5, 5.41) is 0.534. The van der Waals surface area contributed by atoms with Crippen molar-refractivity contribution >= 4 is 33.2 Å². The molecular formula is C20H16ClNO4S. The lowest BCUT2D eigenvalue weighted by molar-refractivity contribution is -0.119. The molecule has 0 saturated heterocycles. The predicted molar refractivity (Wildman–Crippen MR) is 105 cm³/mol. The van der Waals surface area contributed by atoms with Gasteiger partial charge in [-0.1, -0.05) is 48.0 Å². The fraction of sp³-hybridized carbons (Fsp3) is 0.0500. The number of benzene rings is 3. The molecule has 27 heavy (non-hydrogen) atoms. The van der Waals surface area contributed by atoms with Gasteiger partial charge in [-0.3, -0.25) is 4.79 Å². The average molecular weight is 402 g/mol. The van der Waals surface area contributed by atoms with E-state index in [1.807, 2.05) is 0 Å². The number of carbonyl (C=O) groups is 1. The summed E-state index contributed by atoms with van der Waals surface area (Å²) >= 11 is 5.82. The molecule has 0 radical (unpaired) electrons. The second-order valence-electron chi connectivity index (χ2n) is 5.55. The van der Waals surface area contributed by atoms with Crippen molar-refractivity contribution in [1.82, 2.24) is 0 Å². The first-order chi connectivity index (χ1) is 13.0. The van der Waals surface area contributed by atoms with Crippen molar-refractivity contribution in [3.05, 3.63) is 90.0 Å². The number of anilines is 1. The smallest absolute Gasteiger partial charge is 0.278 e. The van der Waals surface area contributed by atoms with Crippen molar-refractivity contribution in [2.24, 2.45) is 0 Å². The Hall–Kier alpha value is -2.83. The van der Waals surface area contributed by atoms with Gasteiger partial charge in [0.05, 0.1) is 10.6 Å². The Kier molecular flexibility index (Phi) is 5.78. The molecule has 0 heterocycles. The Labute approximate surface area is 162 Å². The summed E-state index contributed by atoms with van der Waals surface area (Å²) in [5.41, 5.74) is 0.242. The van der Waals surface area contributed by atoms with Crippen LogP contribution >= 0.6 is 11.6 Å². The predicted octanol–water partition coefficient (Wildman–Crippen LogP) is 4.14. The molecule has 3 rings (SSSR count). The van der Waals surface area contributed by atoms with Crippen LogP contribution in [-0.2, 0) is 14.8 Å². The summed E-state index contributed by atoms with van der Waals surface area (Å²) < 4.78 is 32.3. The third-order valence-electron chi connectivity index (χ3n) is 3.67. The van der Waals surface area contributed by atoms with Gasteiger partial charge < -0.3 is 4.74 Å². The molecular weight excluding hydrogens is 386 g/mol. The van der Waals surface area contributed by atoms with Gasteiger partial charge in [-0.2, -0.15) is 4.31 Å². The molecule has 0 fully saturated rings. The fourth-order valence-electron chi connectivity index (χ4n) is 2.41. The molecule has 0 aliphatic carbocycles. The number of hydrogen-bond acceptors (Lipinski definition) is 4. The van der Waals surface area contributed by atoms with Gasteiger partial charge in [0, 0.05) is 5.02 Å². The van der Waals surface area contributed by atoms with Crippen molar-refractivity contribution in [2.45, 2.75) is 4.90 Å². The van der Waals surface area contributed by atoms with Crippen LogP contribution in [0.15, 0.2) is 89.8 Å². The second kappa shape index (κ2) is 8.24. The van der Waals surface area contributed by atoms with Gasteiger partial charge >= 0.3 is 0 Å². The van der Waals surface area contributed by atoms with E-state index in [4.69, 9.17) is 16.3 Å². The van der Waals surface area contributed by atoms with Gasteiger partial charge in [-0.05, 0) is 48.5 Å². The molecule has 0 aromatic heterocycles. The minimum Gasteiger partial charge on any atom is -0.484 e. The molecule has 0 spiro atoms. The molecule has 0 unspecified atom stereocenters. The van der Waals surface area contributed by atoms with Gasteiger partial charge in [0.15, 0.2) is 6.61 Å². The lowest BCUT2D eigenvalue weighted by Crippen LogP contribution is -2.40. The Morgan fingerprint density at radius 3 is 2.00 bits per heavy atom. The van der Waals surface area contributed by atoms with Crippen molar-refractivity contribution in [2.75, 3.05) is 10.9 Å². The summed E-state index contributed by atoms with van der Waals surface area (Å²) in [7, 11) is -4.08. The van der Waals surface area contributed by atoms with Gasteiger partial charge in [0.1, 0.15) is 5.75 Å². The minimum atomic E-state index is -4.08. The van der Waals surface area contributed by atoms with Crippen molar-refractivity contribution in [1.29, 1.82) is 0 Å². The summed E-state index contributed by atoms with van der Waals surface area (Å²) in [5.74, 6) is -0.294. The highest BCUT2D eigenvalue weighted by Crippen LogP contribution is 2.24. The average Bonchev–Trinajstić information content (AvgIpc) is 2.69. The molecule has 1 amide bonds. The highest BCUT2D eigenvalue weighted by Gasteiger charge is 2.31. The number of sulfonamides is 1. The first-order valence-electron chi connectivity index (χ1n) is 8.05. The van der Waals surface area contributed by atoms with Crippen LogP contribution in [0.4, 0.5) is 5.69 Å². The molecule has 0 bridgehead atoms. The number of ether oxygens (including phenoxy) is 1. The van der Waals surface area contributed by atoms with Gasteiger partial charge in [0.2, 0.25) is 0 Å². The molecule has 0 atom stereocenters. The van der Waals surface area contributed by atoms with Gasteiger partial charge in [-0.15, -0.1) is 0 Å². The molecule has 3 aromatic carbocycles. The van der Waals surface area contributed by atoms with Crippen LogP contribution in [-0.4, -0.2) is 20.9 Å². The Morgan fingerprint density at radius 2 is 1.41 bits per heavy atom. The van der Waals surface area contributed by atoms with Crippen LogP contribution < -0.4 is 9.04 Å². The highest BCUT2D eigenvalue weighted by atomic mass is 35.5. The van der Waals surface area contributed by atoms with Gasteiger partial charge in [-0.25, -0.2) is 8.42 Å². The Balaban J connectivity index is 1.90. The monoisotopic (exact) mass is 401 g/mol. The third-order valence-corrected chi connectivity index (χ3v) is 5.69. The largest absolute Gasteiger partial charge is 0.484 e. The van der Waals surface area contributed by atoms with Crippen LogP contribution in [0, 0.1) is 0 Å². The van der Waals surface area contributed by atoms with Crippen LogP contribution in [0.25, 0.3) is 0 Å². The molecule has 5 nitrogen and oxygen atoms in total. The van der Waals surface area contributed by atoms with E-state index < -0.39 is 22.5 Å². The Bertz CT molecular complexity index is 1010. The van der Waals surface area contributed by atoms with E-state index in [1.165, 1.54) is 12.1 Å². The van der Waals surface area contributed by atoms with Crippen molar-refractivity contribution in [3.8, 4) is 5.75 Å². The van der Waals surface area contributed by atoms with Crippen molar-refractivity contribution < 1.29 is 17.9 Å². The number of para-hydroxylation sites is 1. The van der Waals surface area contributed by atoms with Crippen LogP contribution in [0.1, 0.15) is 0 Å². The summed E-state index contributed by atoms with van der Waals surface area (Å²) in [6.45, 7) is -0.442. The fourth-order valence-corrected chi connectivity index (χ4v) is 3.97. The zero-order valence-electron chi connectivity index (χ0n) is 14.2. The van der Waals surface area contributed by atoms with E-state index in [0.29, 0.717) is 10.8 Å². The maximum Gasteiger partial charge on any atom is 0.278 e. The van der Waals surface area contributed by atoms with Crippen molar-refractivity contribution in [3.63, 3.8) is 0 Å². The maximum absolute atomic E-state index is 13.1. The van der Waals surface area contributed by atoms with E-state index >= 15 is 0 Å². The topological polar surface area (TPSA) is 63.7 Å². The van der Waals surface area contributed by atoms with Crippen LogP contribution in [0.2, 0.25) is 5.02 Å². The molecule has 0 aliphatic heterocycles. The van der Waals surface area contributed by atoms with Gasteiger partial charge in [0.25, 0.3) is 15.9 Å². The number of amides is 1. The Morgan fingerprint density at radius 1 is 0.852 bits per heavy atom. The standard InChI is InChI=1S/C20H16ClNO4S/c21-16-11-13-18(14-12-16)26-15-20(23)22(17-7-3-1-4-8-17)27(24,25)19-9-5-2-6-10-19/h1-14H,15H2. The zero-order valence-corrected chi connectivity index (χ0v) is 15.7. The summed E-state index contributed by atoms with van der Waals surface area (Å²) in [6, 6.07) is 22.4. The minimum absolute atomic E-state index is 0.0219. The third kappa shape index (κ3) is 4.48. The van der Waals surface area contributed by atoms with Crippen LogP contribution in [0.3, 0.4) is 0 Å². The summed E-state index contributed by atoms with van der Waals surface area (Å²) in [6.07, 6.45) is 0. The molecule has 3 aromatic rings. The zero-order chi connectivity index (χ0) is 19.3. The number of nitrogens with zero attached hydrogens (tertiary/aromatic N) is 1. The van der Waals surface area contributed by atoms with E-state index in [1.54, 1.807) is 72.8 Å². The second-order valence-corrected chi connectivity index (χ2v) is 7.78. The molecule has 7 heteroatoms. The van der Waals surface area contributed by atoms with E-state index in [-0.39, 0.29) is 10.6 Å². The SMILES string of the molecule is O=C(COc1ccc(Cl)cc1)N(c1ccccc1)S(=O)(=O)c1ccccc1.